The normalized spacial score (nSPS) is 11.5. The van der Waals surface area contributed by atoms with Crippen molar-refractivity contribution >= 4 is 23.3 Å². The Balaban J connectivity index is 2.84. The number of nitro groups is 2. The molecule has 0 fully saturated rings. The number of carbonyl (C=O) groups is 2. The van der Waals surface area contributed by atoms with Crippen LogP contribution in [-0.4, -0.2) is 39.4 Å². The summed E-state index contributed by atoms with van der Waals surface area (Å²) in [6.45, 7) is -0.328. The number of amides is 1. The van der Waals surface area contributed by atoms with Crippen LogP contribution in [0.3, 0.4) is 0 Å². The highest BCUT2D eigenvalue weighted by molar-refractivity contribution is 5.80. The first-order valence-corrected chi connectivity index (χ1v) is 5.88. The number of nitrogens with two attached hydrogens (primary N) is 1. The molecule has 0 heterocycles. The van der Waals surface area contributed by atoms with Gasteiger partial charge in [0.1, 0.15) is 6.04 Å². The number of aliphatic carboxylic acids is 1. The van der Waals surface area contributed by atoms with Crippen molar-refractivity contribution < 1.29 is 24.5 Å². The zero-order valence-electron chi connectivity index (χ0n) is 11.1. The fourth-order valence-electron chi connectivity index (χ4n) is 1.53. The number of carboxylic acid groups (broad SMARTS) is 1. The third-order valence-electron chi connectivity index (χ3n) is 2.58. The number of non-ortho nitro benzene ring substituents is 2. The fourth-order valence-corrected chi connectivity index (χ4v) is 1.53. The molecule has 1 rings (SSSR count). The Hall–Kier alpha value is -3.08. The van der Waals surface area contributed by atoms with Crippen molar-refractivity contribution in [2.75, 3.05) is 6.54 Å². The van der Waals surface area contributed by atoms with Crippen LogP contribution in [0.4, 0.5) is 11.4 Å². The van der Waals surface area contributed by atoms with Gasteiger partial charge in [0.25, 0.3) is 11.4 Å². The average molecular weight is 312 g/mol. The van der Waals surface area contributed by atoms with Crippen LogP contribution >= 0.6 is 0 Å². The maximum absolute atomic E-state index is 11.6. The minimum absolute atomic E-state index is 0.0577. The molecule has 11 nitrogen and oxygen atoms in total. The molecule has 4 N–H and O–H groups in total. The van der Waals surface area contributed by atoms with Gasteiger partial charge in [-0.15, -0.1) is 0 Å². The Bertz CT molecular complexity index is 599. The number of benzene rings is 1. The minimum atomic E-state index is -1.30. The molecule has 1 aromatic rings. The van der Waals surface area contributed by atoms with E-state index in [0.29, 0.717) is 0 Å². The van der Waals surface area contributed by atoms with Crippen molar-refractivity contribution in [3.05, 3.63) is 44.0 Å². The van der Waals surface area contributed by atoms with Gasteiger partial charge in [-0.05, 0) is 5.56 Å². The lowest BCUT2D eigenvalue weighted by Crippen LogP contribution is -2.42. The van der Waals surface area contributed by atoms with Crippen molar-refractivity contribution in [2.45, 2.75) is 12.5 Å². The molecule has 118 valence electrons. The number of rotatable bonds is 7. The van der Waals surface area contributed by atoms with Crippen molar-refractivity contribution in [1.82, 2.24) is 5.32 Å². The van der Waals surface area contributed by atoms with E-state index in [1.165, 1.54) is 0 Å². The highest BCUT2D eigenvalue weighted by Crippen LogP contribution is 2.22. The number of carbonyl (C=O) groups excluding carboxylic acids is 1. The molecule has 11 heteroatoms. The van der Waals surface area contributed by atoms with Gasteiger partial charge in [-0.2, -0.15) is 0 Å². The second kappa shape index (κ2) is 7.08. The van der Waals surface area contributed by atoms with E-state index < -0.39 is 39.1 Å². The van der Waals surface area contributed by atoms with Crippen LogP contribution in [0.1, 0.15) is 5.56 Å². The lowest BCUT2D eigenvalue weighted by atomic mass is 10.1. The van der Waals surface area contributed by atoms with Crippen molar-refractivity contribution in [1.29, 1.82) is 0 Å². The van der Waals surface area contributed by atoms with Gasteiger partial charge in [-0.25, -0.2) is 0 Å². The van der Waals surface area contributed by atoms with Crippen molar-refractivity contribution in [2.24, 2.45) is 5.73 Å². The van der Waals surface area contributed by atoms with Gasteiger partial charge in [-0.3, -0.25) is 29.8 Å². The minimum Gasteiger partial charge on any atom is -0.480 e. The SMILES string of the molecule is N[C@@H](CNC(=O)Cc1cc([N+](=O)[O-])cc([N+](=O)[O-])c1)C(=O)O. The monoisotopic (exact) mass is 312 g/mol. The Labute approximate surface area is 123 Å². The number of hydrogen-bond donors (Lipinski definition) is 3. The van der Waals surface area contributed by atoms with Crippen molar-refractivity contribution in [3.63, 3.8) is 0 Å². The standard InChI is InChI=1S/C11H12N4O7/c12-9(11(17)18)5-13-10(16)3-6-1-7(14(19)20)4-8(2-6)15(21)22/h1-2,4,9H,3,5,12H2,(H,13,16)(H,17,18)/t9-/m0/s1. The highest BCUT2D eigenvalue weighted by atomic mass is 16.6. The van der Waals surface area contributed by atoms with Gasteiger partial charge in [-0.1, -0.05) is 0 Å². The van der Waals surface area contributed by atoms with Crippen LogP contribution < -0.4 is 11.1 Å². The number of hydrogen-bond acceptors (Lipinski definition) is 7. The lowest BCUT2D eigenvalue weighted by molar-refractivity contribution is -0.394. The van der Waals surface area contributed by atoms with Crippen LogP contribution in [0.25, 0.3) is 0 Å². The van der Waals surface area contributed by atoms with E-state index in [2.05, 4.69) is 5.32 Å². The van der Waals surface area contributed by atoms with Crippen LogP contribution in [0, 0.1) is 20.2 Å². The second-order valence-electron chi connectivity index (χ2n) is 4.30. The first kappa shape index (κ1) is 17.0. The Morgan fingerprint density at radius 3 is 2.09 bits per heavy atom. The van der Waals surface area contributed by atoms with E-state index in [4.69, 9.17) is 10.8 Å². The maximum Gasteiger partial charge on any atom is 0.322 e. The largest absolute Gasteiger partial charge is 0.480 e. The van der Waals surface area contributed by atoms with Gasteiger partial charge >= 0.3 is 5.97 Å². The summed E-state index contributed by atoms with van der Waals surface area (Å²) in [5.74, 6) is -1.96. The van der Waals surface area contributed by atoms with Crippen LogP contribution in [-0.2, 0) is 16.0 Å². The molecule has 0 saturated carbocycles. The Morgan fingerprint density at radius 2 is 1.68 bits per heavy atom. The number of nitrogens with one attached hydrogen (secondary N) is 1. The van der Waals surface area contributed by atoms with Gasteiger partial charge < -0.3 is 16.2 Å². The fraction of sp³-hybridized carbons (Fsp3) is 0.273. The molecule has 0 aliphatic heterocycles. The zero-order valence-corrected chi connectivity index (χ0v) is 11.1. The molecule has 0 saturated heterocycles. The topological polar surface area (TPSA) is 179 Å². The third kappa shape index (κ3) is 4.79. The molecule has 0 radical (unpaired) electrons. The predicted octanol–water partition coefficient (Wildman–Crippen LogP) is -0.426. The molecule has 0 spiro atoms. The summed E-state index contributed by atoms with van der Waals surface area (Å²) in [7, 11) is 0. The maximum atomic E-state index is 11.6. The first-order chi connectivity index (χ1) is 10.2. The molecule has 0 aromatic heterocycles. The molecule has 0 bridgehead atoms. The average Bonchev–Trinajstić information content (AvgIpc) is 2.43. The summed E-state index contributed by atoms with van der Waals surface area (Å²) in [6, 6.07) is 1.55. The molecule has 1 aromatic carbocycles. The molecule has 0 unspecified atom stereocenters. The molecule has 1 amide bonds. The number of carboxylic acids is 1. The van der Waals surface area contributed by atoms with E-state index in [1.54, 1.807) is 0 Å². The molecule has 1 atom stereocenters. The Kier molecular flexibility index (Phi) is 5.46. The van der Waals surface area contributed by atoms with Gasteiger partial charge in [0.05, 0.1) is 22.3 Å². The molecule has 0 aliphatic rings. The van der Waals surface area contributed by atoms with Gasteiger partial charge in [0, 0.05) is 18.7 Å². The van der Waals surface area contributed by atoms with Crippen LogP contribution in [0.5, 0.6) is 0 Å². The highest BCUT2D eigenvalue weighted by Gasteiger charge is 2.18. The molecule has 22 heavy (non-hydrogen) atoms. The molecular weight excluding hydrogens is 300 g/mol. The predicted molar refractivity (Wildman–Crippen MR) is 72.1 cm³/mol. The smallest absolute Gasteiger partial charge is 0.322 e. The summed E-state index contributed by atoms with van der Waals surface area (Å²) in [4.78, 5) is 41.9. The molecular formula is C11H12N4O7. The zero-order chi connectivity index (χ0) is 16.9. The quantitative estimate of drug-likeness (QED) is 0.448. The summed E-state index contributed by atoms with van der Waals surface area (Å²) in [5.41, 5.74) is 4.22. The van der Waals surface area contributed by atoms with Gasteiger partial charge in [0.2, 0.25) is 5.91 Å². The van der Waals surface area contributed by atoms with E-state index >= 15 is 0 Å². The summed E-state index contributed by atoms with van der Waals surface area (Å²) in [6.07, 6.45) is -0.380. The first-order valence-electron chi connectivity index (χ1n) is 5.88. The second-order valence-corrected chi connectivity index (χ2v) is 4.30. The Morgan fingerprint density at radius 1 is 1.18 bits per heavy atom. The molecule has 0 aliphatic carbocycles. The summed E-state index contributed by atoms with van der Waals surface area (Å²) >= 11 is 0. The lowest BCUT2D eigenvalue weighted by Gasteiger charge is -2.08. The van der Waals surface area contributed by atoms with E-state index in [-0.39, 0.29) is 18.5 Å². The number of nitrogens with zero attached hydrogens (tertiary/aromatic N) is 2. The van der Waals surface area contributed by atoms with Crippen LogP contribution in [0.15, 0.2) is 18.2 Å². The van der Waals surface area contributed by atoms with E-state index in [9.17, 15) is 29.8 Å². The summed E-state index contributed by atoms with van der Waals surface area (Å²) in [5, 5.41) is 32.2. The summed E-state index contributed by atoms with van der Waals surface area (Å²) < 4.78 is 0. The van der Waals surface area contributed by atoms with Crippen molar-refractivity contribution in [3.8, 4) is 0 Å². The van der Waals surface area contributed by atoms with E-state index in [1.807, 2.05) is 0 Å². The van der Waals surface area contributed by atoms with E-state index in [0.717, 1.165) is 18.2 Å². The number of nitro benzene ring substituents is 2. The van der Waals surface area contributed by atoms with Crippen LogP contribution in [0.2, 0.25) is 0 Å². The van der Waals surface area contributed by atoms with Gasteiger partial charge in [0.15, 0.2) is 0 Å². The third-order valence-corrected chi connectivity index (χ3v) is 2.58.